The number of hydrogen-bond acceptors (Lipinski definition) is 5. The van der Waals surface area contributed by atoms with Gasteiger partial charge in [-0.2, -0.15) is 9.97 Å². The summed E-state index contributed by atoms with van der Waals surface area (Å²) in [7, 11) is 0. The fourth-order valence-corrected chi connectivity index (χ4v) is 9.72. The van der Waals surface area contributed by atoms with Crippen LogP contribution in [0.5, 0.6) is 0 Å². The number of pyridine rings is 1. The van der Waals surface area contributed by atoms with E-state index in [1.54, 1.807) is 6.20 Å². The molecule has 0 radical (unpaired) electrons. The summed E-state index contributed by atoms with van der Waals surface area (Å²) in [6.07, 6.45) is 3.68. The van der Waals surface area contributed by atoms with Crippen molar-refractivity contribution in [2.24, 2.45) is 0 Å². The lowest BCUT2D eigenvalue weighted by Crippen LogP contribution is -2.07. The average molecular weight is 758 g/mol. The highest BCUT2D eigenvalue weighted by atomic mass is 32.1. The van der Waals surface area contributed by atoms with Crippen LogP contribution < -0.4 is 0 Å². The van der Waals surface area contributed by atoms with E-state index >= 15 is 0 Å². The highest BCUT2D eigenvalue weighted by molar-refractivity contribution is 7.26. The van der Waals surface area contributed by atoms with Crippen LogP contribution in [-0.4, -0.2) is 24.5 Å². The van der Waals surface area contributed by atoms with E-state index in [1.807, 2.05) is 41.8 Å². The second-order valence-corrected chi connectivity index (χ2v) is 15.8. The first-order valence-electron chi connectivity index (χ1n) is 19.4. The molecule has 0 saturated heterocycles. The van der Waals surface area contributed by atoms with Crippen molar-refractivity contribution in [3.63, 3.8) is 0 Å². The molecule has 4 aromatic heterocycles. The molecule has 0 aliphatic heterocycles. The number of thiophene rings is 1. The summed E-state index contributed by atoms with van der Waals surface area (Å²) < 4.78 is 4.82. The van der Waals surface area contributed by atoms with Gasteiger partial charge in [0.05, 0.1) is 11.0 Å². The second kappa shape index (κ2) is 13.0. The minimum atomic E-state index is 0.567. The van der Waals surface area contributed by atoms with Gasteiger partial charge in [-0.15, -0.1) is 11.3 Å². The van der Waals surface area contributed by atoms with Crippen LogP contribution in [0.2, 0.25) is 0 Å². The van der Waals surface area contributed by atoms with Crippen LogP contribution in [0, 0.1) is 0 Å². The van der Waals surface area contributed by atoms with Crippen LogP contribution in [0.25, 0.3) is 115 Å². The van der Waals surface area contributed by atoms with Crippen molar-refractivity contribution in [3.8, 4) is 51.0 Å². The molecule has 4 heterocycles. The SMILES string of the molecule is c1ccc(-c2nc(-c3ccc(-c4cccnc4)cc3)nc(-n3c4cc5ccccc5cc4c4cccc(-c5ccc6c(c5)sc5ccc7ccccc7c56)c43)n2)cc1. The average Bonchev–Trinajstić information content (AvgIpc) is 3.84. The summed E-state index contributed by atoms with van der Waals surface area (Å²) in [5, 5.41) is 9.79. The minimum Gasteiger partial charge on any atom is -0.277 e. The second-order valence-electron chi connectivity index (χ2n) is 14.7. The van der Waals surface area contributed by atoms with E-state index in [4.69, 9.17) is 15.0 Å². The maximum absolute atomic E-state index is 5.33. The molecule has 0 atom stereocenters. The molecule has 12 aromatic rings. The Kier molecular flexibility index (Phi) is 7.33. The molecule has 0 saturated carbocycles. The molecule has 0 amide bonds. The molecule has 0 N–H and O–H groups in total. The highest BCUT2D eigenvalue weighted by Crippen LogP contribution is 2.43. The third kappa shape index (κ3) is 5.23. The van der Waals surface area contributed by atoms with E-state index in [9.17, 15) is 0 Å². The van der Waals surface area contributed by atoms with E-state index in [1.165, 1.54) is 36.3 Å². The van der Waals surface area contributed by atoms with E-state index in [0.717, 1.165) is 60.6 Å². The summed E-state index contributed by atoms with van der Waals surface area (Å²) in [4.78, 5) is 20.1. The highest BCUT2D eigenvalue weighted by Gasteiger charge is 2.22. The van der Waals surface area contributed by atoms with Gasteiger partial charge in [-0.25, -0.2) is 4.98 Å². The quantitative estimate of drug-likeness (QED) is 0.175. The van der Waals surface area contributed by atoms with Crippen molar-refractivity contribution in [2.75, 3.05) is 0 Å². The van der Waals surface area contributed by atoms with Crippen LogP contribution in [0.4, 0.5) is 0 Å². The van der Waals surface area contributed by atoms with E-state index < -0.39 is 0 Å². The molecule has 0 fully saturated rings. The molecule has 12 rings (SSSR count). The van der Waals surface area contributed by atoms with Gasteiger partial charge in [0.25, 0.3) is 0 Å². The Balaban J connectivity index is 1.13. The normalized spacial score (nSPS) is 11.8. The molecule has 0 aliphatic rings. The van der Waals surface area contributed by atoms with Crippen molar-refractivity contribution < 1.29 is 0 Å². The molecule has 6 heteroatoms. The molecular formula is C52H31N5S. The summed E-state index contributed by atoms with van der Waals surface area (Å²) in [5.41, 5.74) is 8.33. The van der Waals surface area contributed by atoms with Crippen molar-refractivity contribution in [2.45, 2.75) is 0 Å². The Labute approximate surface area is 337 Å². The smallest absolute Gasteiger partial charge is 0.238 e. The topological polar surface area (TPSA) is 56.5 Å². The number of aromatic nitrogens is 5. The van der Waals surface area contributed by atoms with E-state index in [0.29, 0.717) is 17.6 Å². The number of nitrogens with zero attached hydrogens (tertiary/aromatic N) is 5. The monoisotopic (exact) mass is 757 g/mol. The Morgan fingerprint density at radius 1 is 0.414 bits per heavy atom. The number of benzene rings is 8. The van der Waals surface area contributed by atoms with Gasteiger partial charge >= 0.3 is 0 Å². The van der Waals surface area contributed by atoms with Gasteiger partial charge < -0.3 is 0 Å². The third-order valence-electron chi connectivity index (χ3n) is 11.3. The fraction of sp³-hybridized carbons (Fsp3) is 0. The van der Waals surface area contributed by atoms with E-state index in [-0.39, 0.29) is 0 Å². The lowest BCUT2D eigenvalue weighted by atomic mass is 9.99. The summed E-state index contributed by atoms with van der Waals surface area (Å²) in [6, 6.07) is 62.5. The van der Waals surface area contributed by atoms with Gasteiger partial charge in [0.2, 0.25) is 5.95 Å². The Hall–Kier alpha value is -7.54. The van der Waals surface area contributed by atoms with Gasteiger partial charge in [0.1, 0.15) is 0 Å². The lowest BCUT2D eigenvalue weighted by Gasteiger charge is -2.13. The molecule has 8 aromatic carbocycles. The van der Waals surface area contributed by atoms with Crippen molar-refractivity contribution in [3.05, 3.63) is 188 Å². The van der Waals surface area contributed by atoms with Crippen LogP contribution in [0.3, 0.4) is 0 Å². The van der Waals surface area contributed by atoms with Crippen molar-refractivity contribution in [1.29, 1.82) is 0 Å². The molecule has 0 spiro atoms. The zero-order valence-corrected chi connectivity index (χ0v) is 31.9. The Bertz CT molecular complexity index is 3550. The van der Waals surface area contributed by atoms with Crippen LogP contribution in [0.15, 0.2) is 188 Å². The largest absolute Gasteiger partial charge is 0.277 e. The molecule has 0 bridgehead atoms. The predicted octanol–water partition coefficient (Wildman–Crippen LogP) is 13.7. The van der Waals surface area contributed by atoms with Crippen LogP contribution in [-0.2, 0) is 0 Å². The minimum absolute atomic E-state index is 0.567. The van der Waals surface area contributed by atoms with Crippen molar-refractivity contribution >= 4 is 74.9 Å². The van der Waals surface area contributed by atoms with Crippen LogP contribution >= 0.6 is 11.3 Å². The maximum Gasteiger partial charge on any atom is 0.238 e. The number of hydrogen-bond donors (Lipinski definition) is 0. The molecule has 270 valence electrons. The molecule has 0 aliphatic carbocycles. The molecular weight excluding hydrogens is 727 g/mol. The number of para-hydroxylation sites is 1. The zero-order chi connectivity index (χ0) is 38.2. The van der Waals surface area contributed by atoms with Crippen LogP contribution in [0.1, 0.15) is 0 Å². The van der Waals surface area contributed by atoms with Gasteiger partial charge in [0, 0.05) is 60.0 Å². The standard InChI is InChI=1S/C52H31N5S/c1-2-11-34(12-3-1)50-54-51(35-21-19-32(20-22-35)39-15-9-27-53-31-39)56-52(55-50)57-45-29-37-14-5-4-13-36(37)28-44(45)42-18-8-17-41(49(42)57)38-23-25-43-47(30-38)58-46-26-24-33-10-6-7-16-40(33)48(43)46/h1-31H. The molecule has 0 unspecified atom stereocenters. The first kappa shape index (κ1) is 32.7. The number of rotatable bonds is 5. The fourth-order valence-electron chi connectivity index (χ4n) is 8.56. The first-order valence-corrected chi connectivity index (χ1v) is 20.2. The Morgan fingerprint density at radius 3 is 1.91 bits per heavy atom. The predicted molar refractivity (Wildman–Crippen MR) is 242 cm³/mol. The van der Waals surface area contributed by atoms with Gasteiger partial charge in [-0.1, -0.05) is 146 Å². The van der Waals surface area contributed by atoms with E-state index in [2.05, 4.69) is 161 Å². The first-order chi connectivity index (χ1) is 28.7. The Morgan fingerprint density at radius 2 is 1.10 bits per heavy atom. The van der Waals surface area contributed by atoms with Crippen molar-refractivity contribution in [1.82, 2.24) is 24.5 Å². The van der Waals surface area contributed by atoms with Gasteiger partial charge in [0.15, 0.2) is 11.6 Å². The summed E-state index contributed by atoms with van der Waals surface area (Å²) in [6.45, 7) is 0. The zero-order valence-electron chi connectivity index (χ0n) is 31.0. The molecule has 5 nitrogen and oxygen atoms in total. The van der Waals surface area contributed by atoms with Gasteiger partial charge in [-0.05, 0) is 68.6 Å². The lowest BCUT2D eigenvalue weighted by molar-refractivity contribution is 0.954. The van der Waals surface area contributed by atoms with Gasteiger partial charge in [-0.3, -0.25) is 9.55 Å². The summed E-state index contributed by atoms with van der Waals surface area (Å²) in [5.74, 6) is 1.79. The maximum atomic E-state index is 5.33. The summed E-state index contributed by atoms with van der Waals surface area (Å²) >= 11 is 1.85. The third-order valence-corrected chi connectivity index (χ3v) is 12.4. The molecule has 58 heavy (non-hydrogen) atoms. The number of fused-ring (bicyclic) bond motifs is 9.